The van der Waals surface area contributed by atoms with Crippen molar-refractivity contribution in [1.82, 2.24) is 4.90 Å². The highest BCUT2D eigenvalue weighted by Crippen LogP contribution is 2.14. The second-order valence-corrected chi connectivity index (χ2v) is 4.26. The van der Waals surface area contributed by atoms with Crippen LogP contribution in [0.4, 0.5) is 4.39 Å². The van der Waals surface area contributed by atoms with Crippen LogP contribution in [0.1, 0.15) is 24.5 Å². The Kier molecular flexibility index (Phi) is 5.87. The van der Waals surface area contributed by atoms with Crippen molar-refractivity contribution in [1.29, 1.82) is 0 Å². The van der Waals surface area contributed by atoms with E-state index >= 15 is 0 Å². The van der Waals surface area contributed by atoms with E-state index in [1.165, 1.54) is 12.1 Å². The molecule has 1 N–H and O–H groups in total. The normalized spacial score (nSPS) is 12.7. The highest BCUT2D eigenvalue weighted by Gasteiger charge is 2.10. The number of halogens is 1. The Morgan fingerprint density at radius 1 is 1.41 bits per heavy atom. The van der Waals surface area contributed by atoms with Crippen LogP contribution in [0.3, 0.4) is 0 Å². The molecule has 0 fully saturated rings. The van der Waals surface area contributed by atoms with E-state index in [0.717, 1.165) is 24.9 Å². The van der Waals surface area contributed by atoms with E-state index in [2.05, 4.69) is 11.5 Å². The topological polar surface area (TPSA) is 23.5 Å². The second-order valence-electron chi connectivity index (χ2n) is 4.26. The lowest BCUT2D eigenvalue weighted by atomic mass is 10.1. The highest BCUT2D eigenvalue weighted by molar-refractivity contribution is 5.18. The van der Waals surface area contributed by atoms with Crippen LogP contribution in [0.25, 0.3) is 0 Å². The molecule has 0 aromatic heterocycles. The van der Waals surface area contributed by atoms with Gasteiger partial charge in [-0.15, -0.1) is 6.58 Å². The van der Waals surface area contributed by atoms with E-state index in [4.69, 9.17) is 0 Å². The summed E-state index contributed by atoms with van der Waals surface area (Å²) in [7, 11) is 1.97. The van der Waals surface area contributed by atoms with Gasteiger partial charge in [0.25, 0.3) is 0 Å². The van der Waals surface area contributed by atoms with Crippen LogP contribution in [0.2, 0.25) is 0 Å². The molecular formula is C14H20FNO. The third kappa shape index (κ3) is 5.11. The van der Waals surface area contributed by atoms with Crippen molar-refractivity contribution in [3.63, 3.8) is 0 Å². The summed E-state index contributed by atoms with van der Waals surface area (Å²) in [6.45, 7) is 5.15. The zero-order valence-electron chi connectivity index (χ0n) is 10.3. The molecule has 0 radical (unpaired) electrons. The molecule has 1 aromatic rings. The van der Waals surface area contributed by atoms with Crippen molar-refractivity contribution in [2.75, 3.05) is 20.1 Å². The third-order valence-electron chi connectivity index (χ3n) is 2.69. The number of benzene rings is 1. The van der Waals surface area contributed by atoms with Gasteiger partial charge in [-0.1, -0.05) is 18.2 Å². The molecule has 3 heteroatoms. The minimum absolute atomic E-state index is 0.278. The molecule has 0 heterocycles. The minimum Gasteiger partial charge on any atom is -0.387 e. The minimum atomic E-state index is -0.565. The lowest BCUT2D eigenvalue weighted by Gasteiger charge is -2.20. The number of hydrogen-bond acceptors (Lipinski definition) is 2. The first-order valence-electron chi connectivity index (χ1n) is 5.86. The van der Waals surface area contributed by atoms with Gasteiger partial charge in [-0.05, 0) is 44.1 Å². The summed E-state index contributed by atoms with van der Waals surface area (Å²) >= 11 is 0. The largest absolute Gasteiger partial charge is 0.387 e. The molecule has 1 atom stereocenters. The number of likely N-dealkylation sites (N-methyl/N-ethyl adjacent to an activating group) is 1. The molecule has 0 saturated carbocycles. The molecule has 17 heavy (non-hydrogen) atoms. The average Bonchev–Trinajstić information content (AvgIpc) is 2.30. The molecule has 0 saturated heterocycles. The second kappa shape index (κ2) is 7.20. The number of aliphatic hydroxyl groups excluding tert-OH is 1. The molecule has 0 aliphatic carbocycles. The zero-order valence-corrected chi connectivity index (χ0v) is 10.3. The SMILES string of the molecule is C=CCCCN(C)CC(O)c1ccc(F)cc1. The van der Waals surface area contributed by atoms with E-state index in [1.54, 1.807) is 12.1 Å². The first-order valence-corrected chi connectivity index (χ1v) is 5.86. The van der Waals surface area contributed by atoms with Crippen molar-refractivity contribution in [2.45, 2.75) is 18.9 Å². The van der Waals surface area contributed by atoms with Gasteiger partial charge in [-0.3, -0.25) is 0 Å². The van der Waals surface area contributed by atoms with Crippen molar-refractivity contribution in [3.05, 3.63) is 48.3 Å². The smallest absolute Gasteiger partial charge is 0.123 e. The number of aliphatic hydroxyl groups is 1. The summed E-state index contributed by atoms with van der Waals surface area (Å²) < 4.78 is 12.7. The van der Waals surface area contributed by atoms with Crippen LogP contribution >= 0.6 is 0 Å². The molecule has 0 spiro atoms. The summed E-state index contributed by atoms with van der Waals surface area (Å²) in [6, 6.07) is 5.99. The van der Waals surface area contributed by atoms with Gasteiger partial charge < -0.3 is 10.0 Å². The van der Waals surface area contributed by atoms with Gasteiger partial charge >= 0.3 is 0 Å². The van der Waals surface area contributed by atoms with E-state index in [1.807, 2.05) is 13.1 Å². The molecule has 0 bridgehead atoms. The van der Waals surface area contributed by atoms with Crippen molar-refractivity contribution in [3.8, 4) is 0 Å². The Bertz CT molecular complexity index is 337. The number of rotatable bonds is 7. The van der Waals surface area contributed by atoms with Gasteiger partial charge in [-0.25, -0.2) is 4.39 Å². The maximum Gasteiger partial charge on any atom is 0.123 e. The maximum absolute atomic E-state index is 12.7. The van der Waals surface area contributed by atoms with Crippen molar-refractivity contribution >= 4 is 0 Å². The summed E-state index contributed by atoms with van der Waals surface area (Å²) in [4.78, 5) is 2.07. The Hall–Kier alpha value is -1.19. The van der Waals surface area contributed by atoms with Gasteiger partial charge in [0.15, 0.2) is 0 Å². The third-order valence-corrected chi connectivity index (χ3v) is 2.69. The monoisotopic (exact) mass is 237 g/mol. The van der Waals surface area contributed by atoms with Crippen LogP contribution in [0, 0.1) is 5.82 Å². The summed E-state index contributed by atoms with van der Waals surface area (Å²) in [5.41, 5.74) is 0.752. The standard InChI is InChI=1S/C14H20FNO/c1-3-4-5-10-16(2)11-14(17)12-6-8-13(15)9-7-12/h3,6-9,14,17H,1,4-5,10-11H2,2H3. The van der Waals surface area contributed by atoms with E-state index in [-0.39, 0.29) is 5.82 Å². The van der Waals surface area contributed by atoms with E-state index < -0.39 is 6.10 Å². The van der Waals surface area contributed by atoms with Gasteiger partial charge in [0.2, 0.25) is 0 Å². The maximum atomic E-state index is 12.7. The van der Waals surface area contributed by atoms with Crippen LogP contribution in [-0.4, -0.2) is 30.1 Å². The van der Waals surface area contributed by atoms with Crippen LogP contribution < -0.4 is 0 Å². The fraction of sp³-hybridized carbons (Fsp3) is 0.429. The molecule has 0 aliphatic heterocycles. The quantitative estimate of drug-likeness (QED) is 0.582. The first-order chi connectivity index (χ1) is 8.13. The van der Waals surface area contributed by atoms with Crippen LogP contribution in [0.5, 0.6) is 0 Å². The molecule has 2 nitrogen and oxygen atoms in total. The van der Waals surface area contributed by atoms with Gasteiger partial charge in [0.1, 0.15) is 5.82 Å². The fourth-order valence-electron chi connectivity index (χ4n) is 1.68. The molecule has 0 amide bonds. The highest BCUT2D eigenvalue weighted by atomic mass is 19.1. The number of hydrogen-bond donors (Lipinski definition) is 1. The molecule has 0 aliphatic rings. The summed E-state index contributed by atoms with van der Waals surface area (Å²) in [6.07, 6.45) is 3.35. The lowest BCUT2D eigenvalue weighted by Crippen LogP contribution is -2.25. The Labute approximate surface area is 102 Å². The van der Waals surface area contributed by atoms with Crippen molar-refractivity contribution in [2.24, 2.45) is 0 Å². The zero-order chi connectivity index (χ0) is 12.7. The van der Waals surface area contributed by atoms with E-state index in [9.17, 15) is 9.50 Å². The number of allylic oxidation sites excluding steroid dienone is 1. The lowest BCUT2D eigenvalue weighted by molar-refractivity contribution is 0.126. The van der Waals surface area contributed by atoms with Crippen LogP contribution in [-0.2, 0) is 0 Å². The van der Waals surface area contributed by atoms with E-state index in [0.29, 0.717) is 6.54 Å². The molecule has 94 valence electrons. The Balaban J connectivity index is 2.40. The first kappa shape index (κ1) is 13.9. The molecule has 1 rings (SSSR count). The summed E-state index contributed by atoms with van der Waals surface area (Å²) in [5.74, 6) is -0.278. The molecule has 1 aromatic carbocycles. The van der Waals surface area contributed by atoms with Crippen LogP contribution in [0.15, 0.2) is 36.9 Å². The Morgan fingerprint density at radius 3 is 2.65 bits per heavy atom. The molecular weight excluding hydrogens is 217 g/mol. The van der Waals surface area contributed by atoms with Crippen molar-refractivity contribution < 1.29 is 9.50 Å². The number of nitrogens with zero attached hydrogens (tertiary/aromatic N) is 1. The fourth-order valence-corrected chi connectivity index (χ4v) is 1.68. The molecule has 1 unspecified atom stereocenters. The van der Waals surface area contributed by atoms with Gasteiger partial charge in [0, 0.05) is 6.54 Å². The predicted octanol–water partition coefficient (Wildman–Crippen LogP) is 2.76. The van der Waals surface area contributed by atoms with Gasteiger partial charge in [0.05, 0.1) is 6.10 Å². The summed E-state index contributed by atoms with van der Waals surface area (Å²) in [5, 5.41) is 9.95. The Morgan fingerprint density at radius 2 is 2.06 bits per heavy atom. The number of unbranched alkanes of at least 4 members (excludes halogenated alkanes) is 1. The predicted molar refractivity (Wildman–Crippen MR) is 68.3 cm³/mol. The average molecular weight is 237 g/mol. The van der Waals surface area contributed by atoms with Gasteiger partial charge in [-0.2, -0.15) is 0 Å².